The Bertz CT molecular complexity index is 607. The number of benzene rings is 1. The van der Waals surface area contributed by atoms with Gasteiger partial charge in [0.15, 0.2) is 0 Å². The summed E-state index contributed by atoms with van der Waals surface area (Å²) in [5.74, 6) is 0.00951. The molecule has 18 heavy (non-hydrogen) atoms. The highest BCUT2D eigenvalue weighted by atomic mass is 35.5. The minimum absolute atomic E-state index is 0.00951. The second-order valence-electron chi connectivity index (χ2n) is 4.71. The van der Waals surface area contributed by atoms with Crippen LogP contribution in [0.1, 0.15) is 16.9 Å². The van der Waals surface area contributed by atoms with Gasteiger partial charge in [0.05, 0.1) is 0 Å². The maximum atomic E-state index is 12.3. The highest BCUT2D eigenvalue weighted by Gasteiger charge is 2.25. The van der Waals surface area contributed by atoms with Gasteiger partial charge in [-0.3, -0.25) is 4.79 Å². The Hall–Kier alpha value is -1.52. The smallest absolute Gasteiger partial charge is 0.270 e. The highest BCUT2D eigenvalue weighted by molar-refractivity contribution is 6.31. The van der Waals surface area contributed by atoms with E-state index in [4.69, 9.17) is 17.3 Å². The molecule has 1 amide bonds. The Kier molecular flexibility index (Phi) is 2.76. The summed E-state index contributed by atoms with van der Waals surface area (Å²) < 4.78 is 0. The normalized spacial score (nSPS) is 19.7. The van der Waals surface area contributed by atoms with Gasteiger partial charge in [-0.15, -0.1) is 0 Å². The monoisotopic (exact) mass is 263 g/mol. The van der Waals surface area contributed by atoms with Gasteiger partial charge in [-0.05, 0) is 30.7 Å². The lowest BCUT2D eigenvalue weighted by atomic mass is 10.2. The number of nitrogens with two attached hydrogens (primary N) is 1. The minimum Gasteiger partial charge on any atom is -0.351 e. The average molecular weight is 264 g/mol. The molecular formula is C13H14ClN3O. The summed E-state index contributed by atoms with van der Waals surface area (Å²) in [4.78, 5) is 17.2. The van der Waals surface area contributed by atoms with Gasteiger partial charge >= 0.3 is 0 Å². The number of carbonyl (C=O) groups excluding carboxylic acids is 1. The zero-order valence-corrected chi connectivity index (χ0v) is 10.6. The molecule has 1 aromatic carbocycles. The number of carbonyl (C=O) groups is 1. The molecule has 3 N–H and O–H groups in total. The molecule has 0 aliphatic carbocycles. The molecule has 2 heterocycles. The van der Waals surface area contributed by atoms with Gasteiger partial charge in [0, 0.05) is 35.1 Å². The molecule has 1 saturated heterocycles. The Morgan fingerprint density at radius 2 is 2.28 bits per heavy atom. The molecule has 0 unspecified atom stereocenters. The second-order valence-corrected chi connectivity index (χ2v) is 5.15. The standard InChI is InChI=1S/C13H14ClN3O/c14-9-1-2-11-8(5-9)6-12(16-11)13(18)17-4-3-10(15)7-17/h1-2,5-6,10,16H,3-4,7,15H2/t10-/m1/s1. The lowest BCUT2D eigenvalue weighted by molar-refractivity contribution is 0.0786. The van der Waals surface area contributed by atoms with E-state index in [9.17, 15) is 4.79 Å². The largest absolute Gasteiger partial charge is 0.351 e. The molecule has 1 atom stereocenters. The molecule has 0 bridgehead atoms. The Morgan fingerprint density at radius 3 is 3.00 bits per heavy atom. The first-order valence-electron chi connectivity index (χ1n) is 5.96. The molecule has 1 aliphatic rings. The van der Waals surface area contributed by atoms with Crippen molar-refractivity contribution in [2.75, 3.05) is 13.1 Å². The van der Waals surface area contributed by atoms with E-state index in [-0.39, 0.29) is 11.9 Å². The third-order valence-electron chi connectivity index (χ3n) is 3.33. The summed E-state index contributed by atoms with van der Waals surface area (Å²) in [5.41, 5.74) is 7.34. The number of nitrogens with zero attached hydrogens (tertiary/aromatic N) is 1. The van der Waals surface area contributed by atoms with E-state index in [0.29, 0.717) is 17.3 Å². The second kappa shape index (κ2) is 4.30. The predicted molar refractivity (Wildman–Crippen MR) is 71.8 cm³/mol. The van der Waals surface area contributed by atoms with Gasteiger partial charge in [-0.2, -0.15) is 0 Å². The average Bonchev–Trinajstić information content (AvgIpc) is 2.93. The van der Waals surface area contributed by atoms with Crippen molar-refractivity contribution < 1.29 is 4.79 Å². The fraction of sp³-hybridized carbons (Fsp3) is 0.308. The van der Waals surface area contributed by atoms with Crippen LogP contribution in [0.3, 0.4) is 0 Å². The predicted octanol–water partition coefficient (Wildman–Crippen LogP) is 1.99. The molecule has 0 spiro atoms. The van der Waals surface area contributed by atoms with Crippen molar-refractivity contribution in [1.29, 1.82) is 0 Å². The van der Waals surface area contributed by atoms with Gasteiger partial charge < -0.3 is 15.6 Å². The molecular weight excluding hydrogens is 250 g/mol. The van der Waals surface area contributed by atoms with Crippen LogP contribution in [0.2, 0.25) is 5.02 Å². The van der Waals surface area contributed by atoms with Gasteiger partial charge in [-0.1, -0.05) is 11.6 Å². The number of likely N-dealkylation sites (tertiary alicyclic amines) is 1. The quantitative estimate of drug-likeness (QED) is 0.827. The van der Waals surface area contributed by atoms with Crippen LogP contribution in [0, 0.1) is 0 Å². The fourth-order valence-electron chi connectivity index (χ4n) is 2.36. The van der Waals surface area contributed by atoms with Crippen molar-refractivity contribution in [2.24, 2.45) is 5.73 Å². The number of hydrogen-bond donors (Lipinski definition) is 2. The molecule has 5 heteroatoms. The fourth-order valence-corrected chi connectivity index (χ4v) is 2.54. The van der Waals surface area contributed by atoms with Crippen LogP contribution in [-0.2, 0) is 0 Å². The van der Waals surface area contributed by atoms with Crippen LogP contribution in [0.25, 0.3) is 10.9 Å². The van der Waals surface area contributed by atoms with Crippen molar-refractivity contribution in [1.82, 2.24) is 9.88 Å². The van der Waals surface area contributed by atoms with Crippen LogP contribution < -0.4 is 5.73 Å². The lowest BCUT2D eigenvalue weighted by Crippen LogP contribution is -2.32. The molecule has 0 saturated carbocycles. The van der Waals surface area contributed by atoms with E-state index in [0.717, 1.165) is 23.9 Å². The summed E-state index contributed by atoms with van der Waals surface area (Å²) >= 11 is 5.93. The number of fused-ring (bicyclic) bond motifs is 1. The lowest BCUT2D eigenvalue weighted by Gasteiger charge is -2.14. The van der Waals surface area contributed by atoms with Crippen LogP contribution in [-0.4, -0.2) is 34.9 Å². The van der Waals surface area contributed by atoms with Gasteiger partial charge in [0.1, 0.15) is 5.69 Å². The van der Waals surface area contributed by atoms with Crippen molar-refractivity contribution in [2.45, 2.75) is 12.5 Å². The zero-order chi connectivity index (χ0) is 12.7. The summed E-state index contributed by atoms with van der Waals surface area (Å²) in [6.45, 7) is 1.37. The van der Waals surface area contributed by atoms with Gasteiger partial charge in [0.25, 0.3) is 5.91 Å². The number of halogens is 1. The summed E-state index contributed by atoms with van der Waals surface area (Å²) in [6.07, 6.45) is 0.873. The number of hydrogen-bond acceptors (Lipinski definition) is 2. The summed E-state index contributed by atoms with van der Waals surface area (Å²) in [6, 6.07) is 7.48. The van der Waals surface area contributed by atoms with Crippen LogP contribution in [0.5, 0.6) is 0 Å². The maximum Gasteiger partial charge on any atom is 0.270 e. The molecule has 1 aromatic heterocycles. The van der Waals surface area contributed by atoms with Gasteiger partial charge in [0.2, 0.25) is 0 Å². The molecule has 4 nitrogen and oxygen atoms in total. The number of aromatic nitrogens is 1. The summed E-state index contributed by atoms with van der Waals surface area (Å²) in [5, 5.41) is 1.62. The van der Waals surface area contributed by atoms with E-state index in [2.05, 4.69) is 4.98 Å². The Morgan fingerprint density at radius 1 is 1.44 bits per heavy atom. The Labute approximate surface area is 110 Å². The van der Waals surface area contributed by atoms with Crippen molar-refractivity contribution in [3.05, 3.63) is 35.0 Å². The first-order valence-corrected chi connectivity index (χ1v) is 6.34. The van der Waals surface area contributed by atoms with Crippen LogP contribution in [0.4, 0.5) is 0 Å². The number of rotatable bonds is 1. The summed E-state index contributed by atoms with van der Waals surface area (Å²) in [7, 11) is 0. The van der Waals surface area contributed by atoms with E-state index < -0.39 is 0 Å². The van der Waals surface area contributed by atoms with E-state index in [1.165, 1.54) is 0 Å². The van der Waals surface area contributed by atoms with Crippen molar-refractivity contribution >= 4 is 28.4 Å². The van der Waals surface area contributed by atoms with Crippen molar-refractivity contribution in [3.8, 4) is 0 Å². The van der Waals surface area contributed by atoms with E-state index in [1.807, 2.05) is 18.2 Å². The van der Waals surface area contributed by atoms with Gasteiger partial charge in [-0.25, -0.2) is 0 Å². The number of amides is 1. The SMILES string of the molecule is N[C@@H]1CCN(C(=O)c2cc3cc(Cl)ccc3[nH]2)C1. The molecule has 0 radical (unpaired) electrons. The molecule has 1 fully saturated rings. The van der Waals surface area contributed by atoms with E-state index >= 15 is 0 Å². The minimum atomic E-state index is 0.00951. The first-order chi connectivity index (χ1) is 8.63. The third kappa shape index (κ3) is 1.98. The topological polar surface area (TPSA) is 62.1 Å². The molecule has 3 rings (SSSR count). The number of nitrogens with one attached hydrogen (secondary N) is 1. The van der Waals surface area contributed by atoms with Crippen molar-refractivity contribution in [3.63, 3.8) is 0 Å². The number of aromatic amines is 1. The highest BCUT2D eigenvalue weighted by Crippen LogP contribution is 2.21. The Balaban J connectivity index is 1.92. The molecule has 94 valence electrons. The first kappa shape index (κ1) is 11.6. The molecule has 1 aliphatic heterocycles. The number of H-pyrrole nitrogens is 1. The van der Waals surface area contributed by atoms with E-state index in [1.54, 1.807) is 11.0 Å². The third-order valence-corrected chi connectivity index (χ3v) is 3.56. The maximum absolute atomic E-state index is 12.3. The zero-order valence-electron chi connectivity index (χ0n) is 9.82. The van der Waals surface area contributed by atoms with Crippen LogP contribution >= 0.6 is 11.6 Å². The van der Waals surface area contributed by atoms with Crippen LogP contribution in [0.15, 0.2) is 24.3 Å². The molecule has 2 aromatic rings.